The summed E-state index contributed by atoms with van der Waals surface area (Å²) in [5, 5.41) is 17.3. The third-order valence-corrected chi connectivity index (χ3v) is 5.29. The van der Waals surface area contributed by atoms with Crippen LogP contribution in [0.2, 0.25) is 0 Å². The third kappa shape index (κ3) is 1.57. The normalized spacial score (nSPS) is 40.9. The highest BCUT2D eigenvalue weighted by Gasteiger charge is 2.51. The van der Waals surface area contributed by atoms with Crippen molar-refractivity contribution in [3.63, 3.8) is 0 Å². The highest BCUT2D eigenvalue weighted by atomic mass is 15.5. The van der Waals surface area contributed by atoms with Gasteiger partial charge in [0.1, 0.15) is 6.07 Å². The van der Waals surface area contributed by atoms with Crippen molar-refractivity contribution < 1.29 is 0 Å². The molecule has 0 amide bonds. The van der Waals surface area contributed by atoms with E-state index in [0.717, 1.165) is 24.3 Å². The number of aromatic nitrogens is 3. The fourth-order valence-electron chi connectivity index (χ4n) is 5.21. The van der Waals surface area contributed by atoms with E-state index in [1.165, 1.54) is 38.5 Å². The molecular weight excluding hydrogens is 224 g/mol. The van der Waals surface area contributed by atoms with Gasteiger partial charge in [0.25, 0.3) is 0 Å². The molecule has 1 aromatic heterocycles. The lowest BCUT2D eigenvalue weighted by molar-refractivity contribution is -0.0655. The zero-order chi connectivity index (χ0) is 12.2. The van der Waals surface area contributed by atoms with E-state index in [-0.39, 0.29) is 0 Å². The maximum Gasteiger partial charge on any atom is 0.182 e. The summed E-state index contributed by atoms with van der Waals surface area (Å²) in [5.41, 5.74) is 0.889. The van der Waals surface area contributed by atoms with Gasteiger partial charge in [0.15, 0.2) is 5.69 Å². The van der Waals surface area contributed by atoms with Crippen LogP contribution >= 0.6 is 0 Å². The molecule has 0 atom stereocenters. The summed E-state index contributed by atoms with van der Waals surface area (Å²) in [6.07, 6.45) is 10.1. The number of nitriles is 1. The largest absolute Gasteiger partial charge is 0.191 e. The van der Waals surface area contributed by atoms with Crippen LogP contribution in [0.1, 0.15) is 44.2 Å². The lowest BCUT2D eigenvalue weighted by atomic mass is 9.49. The van der Waals surface area contributed by atoms with Crippen LogP contribution in [0.15, 0.2) is 6.20 Å². The average molecular weight is 242 g/mol. The van der Waals surface area contributed by atoms with E-state index in [4.69, 9.17) is 5.26 Å². The second kappa shape index (κ2) is 3.57. The molecule has 0 N–H and O–H groups in total. The van der Waals surface area contributed by atoms with Crippen molar-refractivity contribution in [2.45, 2.75) is 45.1 Å². The molecule has 18 heavy (non-hydrogen) atoms. The van der Waals surface area contributed by atoms with Gasteiger partial charge in [0.2, 0.25) is 0 Å². The van der Waals surface area contributed by atoms with Crippen LogP contribution in [0.3, 0.4) is 0 Å². The molecule has 4 bridgehead atoms. The van der Waals surface area contributed by atoms with E-state index in [0.29, 0.717) is 11.1 Å². The predicted octanol–water partition coefficient (Wildman–Crippen LogP) is 2.37. The van der Waals surface area contributed by atoms with Crippen LogP contribution in [0.25, 0.3) is 0 Å². The molecular formula is C14H18N4. The summed E-state index contributed by atoms with van der Waals surface area (Å²) in [5.74, 6) is 2.88. The first-order valence-corrected chi connectivity index (χ1v) is 7.05. The molecule has 4 aliphatic rings. The highest BCUT2D eigenvalue weighted by Crippen LogP contribution is 2.60. The maximum atomic E-state index is 8.81. The standard InChI is InChI=1S/C14H18N4/c15-7-13-8-16-18(17-13)9-14-4-10-1-11(5-14)3-12(2-10)6-14/h8,10-12H,1-6,9H2. The van der Waals surface area contributed by atoms with Crippen LogP contribution in [0, 0.1) is 34.5 Å². The van der Waals surface area contributed by atoms with Gasteiger partial charge < -0.3 is 0 Å². The maximum absolute atomic E-state index is 8.81. The molecule has 0 spiro atoms. The molecule has 4 fully saturated rings. The Morgan fingerprint density at radius 1 is 1.22 bits per heavy atom. The zero-order valence-electron chi connectivity index (χ0n) is 10.5. The van der Waals surface area contributed by atoms with E-state index in [1.54, 1.807) is 11.0 Å². The van der Waals surface area contributed by atoms with Gasteiger partial charge in [-0.3, -0.25) is 0 Å². The van der Waals surface area contributed by atoms with Gasteiger partial charge in [-0.05, 0) is 61.7 Å². The summed E-state index contributed by atoms with van der Waals surface area (Å²) in [6, 6.07) is 2.06. The fourth-order valence-corrected chi connectivity index (χ4v) is 5.21. The smallest absolute Gasteiger partial charge is 0.182 e. The fraction of sp³-hybridized carbons (Fsp3) is 0.786. The Hall–Kier alpha value is -1.37. The Labute approximate surface area is 107 Å². The van der Waals surface area contributed by atoms with Crippen LogP contribution in [-0.2, 0) is 6.54 Å². The van der Waals surface area contributed by atoms with Gasteiger partial charge >= 0.3 is 0 Å². The second-order valence-electron chi connectivity index (χ2n) is 6.79. The quantitative estimate of drug-likeness (QED) is 0.800. The second-order valence-corrected chi connectivity index (χ2v) is 6.79. The minimum absolute atomic E-state index is 0.444. The number of nitrogens with zero attached hydrogens (tertiary/aromatic N) is 4. The van der Waals surface area contributed by atoms with E-state index < -0.39 is 0 Å². The van der Waals surface area contributed by atoms with Crippen molar-refractivity contribution in [1.29, 1.82) is 5.26 Å². The van der Waals surface area contributed by atoms with Crippen molar-refractivity contribution in [2.24, 2.45) is 23.2 Å². The van der Waals surface area contributed by atoms with Gasteiger partial charge in [0, 0.05) is 0 Å². The van der Waals surface area contributed by atoms with Gasteiger partial charge in [-0.1, -0.05) is 0 Å². The van der Waals surface area contributed by atoms with Crippen LogP contribution in [0.4, 0.5) is 0 Å². The Kier molecular flexibility index (Phi) is 2.09. The first-order chi connectivity index (χ1) is 8.75. The first kappa shape index (κ1) is 10.5. The molecule has 4 heteroatoms. The number of hydrogen-bond acceptors (Lipinski definition) is 3. The predicted molar refractivity (Wildman–Crippen MR) is 65.3 cm³/mol. The Balaban J connectivity index is 1.59. The van der Waals surface area contributed by atoms with Crippen LogP contribution in [0.5, 0.6) is 0 Å². The van der Waals surface area contributed by atoms with Crippen molar-refractivity contribution in [3.8, 4) is 6.07 Å². The van der Waals surface area contributed by atoms with Gasteiger partial charge in [-0.15, -0.1) is 5.10 Å². The summed E-state index contributed by atoms with van der Waals surface area (Å²) < 4.78 is 0. The number of hydrogen-bond donors (Lipinski definition) is 0. The lowest BCUT2D eigenvalue weighted by Gasteiger charge is -2.56. The summed E-state index contributed by atoms with van der Waals surface area (Å²) in [7, 11) is 0. The molecule has 1 aromatic rings. The Bertz CT molecular complexity index is 475. The molecule has 0 saturated heterocycles. The van der Waals surface area contributed by atoms with Gasteiger partial charge in [0.05, 0.1) is 12.7 Å². The monoisotopic (exact) mass is 242 g/mol. The first-order valence-electron chi connectivity index (χ1n) is 7.05. The molecule has 0 aromatic carbocycles. The summed E-state index contributed by atoms with van der Waals surface area (Å²) >= 11 is 0. The van der Waals surface area contributed by atoms with Gasteiger partial charge in [-0.25, -0.2) is 0 Å². The molecule has 5 rings (SSSR count). The Morgan fingerprint density at radius 2 is 1.83 bits per heavy atom. The van der Waals surface area contributed by atoms with E-state index in [2.05, 4.69) is 16.3 Å². The summed E-state index contributed by atoms with van der Waals surface area (Å²) in [6.45, 7) is 0.929. The van der Waals surface area contributed by atoms with Crippen molar-refractivity contribution in [2.75, 3.05) is 0 Å². The van der Waals surface area contributed by atoms with E-state index in [9.17, 15) is 0 Å². The lowest BCUT2D eigenvalue weighted by Crippen LogP contribution is -2.48. The average Bonchev–Trinajstić information content (AvgIpc) is 2.74. The third-order valence-electron chi connectivity index (χ3n) is 5.29. The molecule has 4 nitrogen and oxygen atoms in total. The minimum Gasteiger partial charge on any atom is -0.191 e. The van der Waals surface area contributed by atoms with Crippen molar-refractivity contribution >= 4 is 0 Å². The molecule has 4 saturated carbocycles. The van der Waals surface area contributed by atoms with Crippen molar-refractivity contribution in [3.05, 3.63) is 11.9 Å². The topological polar surface area (TPSA) is 54.5 Å². The van der Waals surface area contributed by atoms with E-state index >= 15 is 0 Å². The zero-order valence-corrected chi connectivity index (χ0v) is 10.5. The minimum atomic E-state index is 0.444. The molecule has 94 valence electrons. The molecule has 0 aliphatic heterocycles. The SMILES string of the molecule is N#Cc1cnn(CC23CC4CC(CC(C4)C2)C3)n1. The van der Waals surface area contributed by atoms with Crippen LogP contribution in [-0.4, -0.2) is 15.0 Å². The molecule has 1 heterocycles. The molecule has 0 unspecified atom stereocenters. The van der Waals surface area contributed by atoms with Crippen LogP contribution < -0.4 is 0 Å². The van der Waals surface area contributed by atoms with Gasteiger partial charge in [-0.2, -0.15) is 15.2 Å². The molecule has 0 radical (unpaired) electrons. The summed E-state index contributed by atoms with van der Waals surface area (Å²) in [4.78, 5) is 1.77. The highest BCUT2D eigenvalue weighted by molar-refractivity contribution is 5.12. The van der Waals surface area contributed by atoms with Crippen molar-refractivity contribution in [1.82, 2.24) is 15.0 Å². The number of rotatable bonds is 2. The Morgan fingerprint density at radius 3 is 2.33 bits per heavy atom. The molecule has 4 aliphatic carbocycles. The van der Waals surface area contributed by atoms with E-state index in [1.807, 2.05) is 0 Å².